The molecule has 1 aromatic heterocycles. The third-order valence-electron chi connectivity index (χ3n) is 4.35. The van der Waals surface area contributed by atoms with Crippen molar-refractivity contribution in [2.45, 2.75) is 19.8 Å². The third kappa shape index (κ3) is 2.38. The van der Waals surface area contributed by atoms with Crippen LogP contribution in [-0.4, -0.2) is 43.7 Å². The molecular weight excluding hydrogens is 254 g/mol. The molecule has 1 unspecified atom stereocenters. The lowest BCUT2D eigenvalue weighted by molar-refractivity contribution is 0.0526. The highest BCUT2D eigenvalue weighted by Gasteiger charge is 2.41. The van der Waals surface area contributed by atoms with Gasteiger partial charge in [-0.05, 0) is 38.4 Å². The predicted molar refractivity (Wildman–Crippen MR) is 76.9 cm³/mol. The van der Waals surface area contributed by atoms with Gasteiger partial charge in [0.05, 0.1) is 6.61 Å². The van der Waals surface area contributed by atoms with E-state index in [2.05, 4.69) is 15.2 Å². The Morgan fingerprint density at radius 2 is 2.45 bits per heavy atom. The lowest BCUT2D eigenvalue weighted by Gasteiger charge is -2.24. The van der Waals surface area contributed by atoms with Crippen LogP contribution in [0.1, 0.15) is 30.1 Å². The zero-order chi connectivity index (χ0) is 14.0. The standard InChI is InChI=1S/C15H21N3O2/c1-2-20-14(19)12-4-3-7-17-13(12)18-9-6-15(11-18)5-8-16-10-15/h3-4,7,16H,2,5-6,8-11H2,1H3. The molecule has 3 rings (SSSR count). The first-order valence-corrected chi connectivity index (χ1v) is 7.32. The van der Waals surface area contributed by atoms with Crippen LogP contribution in [0, 0.1) is 5.41 Å². The molecule has 1 N–H and O–H groups in total. The van der Waals surface area contributed by atoms with Crippen LogP contribution in [0.15, 0.2) is 18.3 Å². The van der Waals surface area contributed by atoms with Gasteiger partial charge in [0.2, 0.25) is 0 Å². The van der Waals surface area contributed by atoms with Crippen molar-refractivity contribution in [3.63, 3.8) is 0 Å². The number of hydrogen-bond acceptors (Lipinski definition) is 5. The topological polar surface area (TPSA) is 54.5 Å². The molecule has 5 nitrogen and oxygen atoms in total. The number of nitrogens with one attached hydrogen (secondary N) is 1. The molecule has 5 heteroatoms. The van der Waals surface area contributed by atoms with Crippen LogP contribution in [0.4, 0.5) is 5.82 Å². The maximum atomic E-state index is 12.0. The number of anilines is 1. The van der Waals surface area contributed by atoms with Crippen LogP contribution in [0.25, 0.3) is 0 Å². The first-order chi connectivity index (χ1) is 9.74. The summed E-state index contributed by atoms with van der Waals surface area (Å²) >= 11 is 0. The number of hydrogen-bond donors (Lipinski definition) is 1. The minimum absolute atomic E-state index is 0.277. The van der Waals surface area contributed by atoms with Crippen LogP contribution >= 0.6 is 0 Å². The molecule has 1 atom stereocenters. The van der Waals surface area contributed by atoms with Crippen molar-refractivity contribution >= 4 is 11.8 Å². The molecule has 0 radical (unpaired) electrons. The normalized spacial score (nSPS) is 25.4. The van der Waals surface area contributed by atoms with E-state index in [0.717, 1.165) is 32.0 Å². The van der Waals surface area contributed by atoms with E-state index in [9.17, 15) is 4.79 Å². The smallest absolute Gasteiger partial charge is 0.341 e. The molecule has 2 aliphatic heterocycles. The number of aromatic nitrogens is 1. The van der Waals surface area contributed by atoms with Crippen LogP contribution < -0.4 is 10.2 Å². The first kappa shape index (κ1) is 13.4. The Morgan fingerprint density at radius 1 is 1.55 bits per heavy atom. The van der Waals surface area contributed by atoms with Gasteiger partial charge >= 0.3 is 5.97 Å². The van der Waals surface area contributed by atoms with Crippen molar-refractivity contribution in [1.29, 1.82) is 0 Å². The van der Waals surface area contributed by atoms with E-state index in [1.165, 1.54) is 12.8 Å². The van der Waals surface area contributed by atoms with Crippen molar-refractivity contribution in [2.75, 3.05) is 37.7 Å². The van der Waals surface area contributed by atoms with Crippen LogP contribution in [0.3, 0.4) is 0 Å². The maximum absolute atomic E-state index is 12.0. The van der Waals surface area contributed by atoms with Crippen molar-refractivity contribution in [3.8, 4) is 0 Å². The quantitative estimate of drug-likeness (QED) is 0.846. The molecule has 0 aliphatic carbocycles. The number of pyridine rings is 1. The van der Waals surface area contributed by atoms with Crippen LogP contribution in [0.5, 0.6) is 0 Å². The Hall–Kier alpha value is -1.62. The van der Waals surface area contributed by atoms with Gasteiger partial charge < -0.3 is 15.0 Å². The van der Waals surface area contributed by atoms with Crippen molar-refractivity contribution in [2.24, 2.45) is 5.41 Å². The molecule has 0 saturated carbocycles. The lowest BCUT2D eigenvalue weighted by atomic mass is 9.87. The van der Waals surface area contributed by atoms with E-state index in [0.29, 0.717) is 17.6 Å². The van der Waals surface area contributed by atoms with Crippen molar-refractivity contribution < 1.29 is 9.53 Å². The van der Waals surface area contributed by atoms with E-state index in [4.69, 9.17) is 4.74 Å². The van der Waals surface area contributed by atoms with Gasteiger partial charge in [0.15, 0.2) is 0 Å². The molecule has 2 saturated heterocycles. The highest BCUT2D eigenvalue weighted by molar-refractivity contribution is 5.94. The SMILES string of the molecule is CCOC(=O)c1cccnc1N1CCC2(CCNC2)C1. The van der Waals surface area contributed by atoms with Gasteiger partial charge in [-0.25, -0.2) is 9.78 Å². The Kier molecular flexibility index (Phi) is 3.61. The van der Waals surface area contributed by atoms with Gasteiger partial charge in [0.25, 0.3) is 0 Å². The monoisotopic (exact) mass is 275 g/mol. The number of rotatable bonds is 3. The second-order valence-electron chi connectivity index (χ2n) is 5.69. The minimum atomic E-state index is -0.277. The highest BCUT2D eigenvalue weighted by atomic mass is 16.5. The van der Waals surface area contributed by atoms with Crippen LogP contribution in [0.2, 0.25) is 0 Å². The van der Waals surface area contributed by atoms with E-state index >= 15 is 0 Å². The van der Waals surface area contributed by atoms with E-state index in [1.807, 2.05) is 6.92 Å². The number of nitrogens with zero attached hydrogens (tertiary/aromatic N) is 2. The van der Waals surface area contributed by atoms with Crippen molar-refractivity contribution in [3.05, 3.63) is 23.9 Å². The highest BCUT2D eigenvalue weighted by Crippen LogP contribution is 2.38. The second kappa shape index (κ2) is 5.40. The van der Waals surface area contributed by atoms with Gasteiger partial charge in [-0.2, -0.15) is 0 Å². The van der Waals surface area contributed by atoms with E-state index in [1.54, 1.807) is 18.3 Å². The van der Waals surface area contributed by atoms with Gasteiger partial charge in [0, 0.05) is 31.2 Å². The Morgan fingerprint density at radius 3 is 3.20 bits per heavy atom. The summed E-state index contributed by atoms with van der Waals surface area (Å²) in [5.74, 6) is 0.496. The summed E-state index contributed by atoms with van der Waals surface area (Å²) in [7, 11) is 0. The molecule has 2 aliphatic rings. The summed E-state index contributed by atoms with van der Waals surface area (Å²) in [6.45, 7) is 6.32. The fourth-order valence-corrected chi connectivity index (χ4v) is 3.28. The van der Waals surface area contributed by atoms with E-state index in [-0.39, 0.29) is 5.97 Å². The molecule has 0 amide bonds. The molecule has 0 bridgehead atoms. The fraction of sp³-hybridized carbons (Fsp3) is 0.600. The Balaban J connectivity index is 1.82. The maximum Gasteiger partial charge on any atom is 0.341 e. The number of carbonyl (C=O) groups is 1. The average molecular weight is 275 g/mol. The molecular formula is C15H21N3O2. The van der Waals surface area contributed by atoms with Crippen molar-refractivity contribution in [1.82, 2.24) is 10.3 Å². The van der Waals surface area contributed by atoms with Gasteiger partial charge in [-0.1, -0.05) is 0 Å². The molecule has 1 aromatic rings. The summed E-state index contributed by atoms with van der Waals surface area (Å²) in [6.07, 6.45) is 4.12. The van der Waals surface area contributed by atoms with Crippen LogP contribution in [-0.2, 0) is 4.74 Å². The van der Waals surface area contributed by atoms with E-state index < -0.39 is 0 Å². The summed E-state index contributed by atoms with van der Waals surface area (Å²) in [4.78, 5) is 18.7. The fourth-order valence-electron chi connectivity index (χ4n) is 3.28. The van der Waals surface area contributed by atoms with Gasteiger partial charge in [0.1, 0.15) is 11.4 Å². The summed E-state index contributed by atoms with van der Waals surface area (Å²) in [5.41, 5.74) is 0.945. The second-order valence-corrected chi connectivity index (χ2v) is 5.69. The molecule has 1 spiro atoms. The van der Waals surface area contributed by atoms with Gasteiger partial charge in [-0.3, -0.25) is 0 Å². The molecule has 3 heterocycles. The summed E-state index contributed by atoms with van der Waals surface area (Å²) < 4.78 is 5.13. The largest absolute Gasteiger partial charge is 0.462 e. The number of ether oxygens (including phenoxy) is 1. The summed E-state index contributed by atoms with van der Waals surface area (Å²) in [6, 6.07) is 3.59. The minimum Gasteiger partial charge on any atom is -0.462 e. The first-order valence-electron chi connectivity index (χ1n) is 7.32. The molecule has 0 aromatic carbocycles. The zero-order valence-corrected chi connectivity index (χ0v) is 11.9. The predicted octanol–water partition coefficient (Wildman–Crippen LogP) is 1.45. The molecule has 2 fully saturated rings. The lowest BCUT2D eigenvalue weighted by Crippen LogP contribution is -2.30. The average Bonchev–Trinajstić information content (AvgIpc) is 3.10. The van der Waals surface area contributed by atoms with Gasteiger partial charge in [-0.15, -0.1) is 0 Å². The molecule has 20 heavy (non-hydrogen) atoms. The number of esters is 1. The molecule has 108 valence electrons. The third-order valence-corrected chi connectivity index (χ3v) is 4.35. The Labute approximate surface area is 119 Å². The number of carbonyl (C=O) groups excluding carboxylic acids is 1. The Bertz CT molecular complexity index is 498. The summed E-state index contributed by atoms with van der Waals surface area (Å²) in [5, 5.41) is 3.45. The zero-order valence-electron chi connectivity index (χ0n) is 11.9.